The number of hydrogen-bond donors (Lipinski definition) is 2. The molecular formula is C12H17N3O5S. The number of benzene rings is 1. The van der Waals surface area contributed by atoms with Gasteiger partial charge in [-0.25, -0.2) is 13.1 Å². The highest BCUT2D eigenvalue weighted by atomic mass is 32.2. The first-order chi connectivity index (χ1) is 9.94. The fraction of sp³-hybridized carbons (Fsp3) is 0.500. The molecule has 1 aliphatic rings. The lowest BCUT2D eigenvalue weighted by molar-refractivity contribution is -0.387. The molecule has 2 rings (SSSR count). The molecular weight excluding hydrogens is 298 g/mol. The van der Waals surface area contributed by atoms with Crippen LogP contribution in [0.15, 0.2) is 23.1 Å². The molecule has 8 nitrogen and oxygen atoms in total. The maximum atomic E-state index is 12.4. The van der Waals surface area contributed by atoms with E-state index in [1.54, 1.807) is 7.05 Å². The van der Waals surface area contributed by atoms with Crippen LogP contribution < -0.4 is 10.0 Å². The zero-order valence-electron chi connectivity index (χ0n) is 11.5. The van der Waals surface area contributed by atoms with E-state index in [0.717, 1.165) is 0 Å². The molecule has 21 heavy (non-hydrogen) atoms. The zero-order valence-corrected chi connectivity index (χ0v) is 12.4. The van der Waals surface area contributed by atoms with Crippen molar-refractivity contribution in [1.29, 1.82) is 0 Å². The lowest BCUT2D eigenvalue weighted by atomic mass is 10.1. The molecule has 9 heteroatoms. The van der Waals surface area contributed by atoms with E-state index < -0.39 is 20.6 Å². The molecule has 1 fully saturated rings. The number of rotatable bonds is 5. The van der Waals surface area contributed by atoms with Gasteiger partial charge in [0.25, 0.3) is 5.69 Å². The van der Waals surface area contributed by atoms with Crippen LogP contribution in [0, 0.1) is 10.1 Å². The molecule has 0 bridgehead atoms. The average Bonchev–Trinajstić information content (AvgIpc) is 2.47. The Morgan fingerprint density at radius 2 is 2.00 bits per heavy atom. The topological polar surface area (TPSA) is 111 Å². The van der Waals surface area contributed by atoms with Gasteiger partial charge in [-0.2, -0.15) is 0 Å². The third-order valence-electron chi connectivity index (χ3n) is 3.28. The van der Waals surface area contributed by atoms with Gasteiger partial charge in [-0.3, -0.25) is 10.1 Å². The largest absolute Gasteiger partial charge is 0.388 e. The number of nitrogens with one attached hydrogen (secondary N) is 2. The van der Waals surface area contributed by atoms with Crippen LogP contribution in [0.3, 0.4) is 0 Å². The van der Waals surface area contributed by atoms with Crippen LogP contribution in [0.2, 0.25) is 0 Å². The van der Waals surface area contributed by atoms with E-state index in [4.69, 9.17) is 4.74 Å². The minimum Gasteiger partial charge on any atom is -0.388 e. The number of nitro groups is 1. The third kappa shape index (κ3) is 3.69. The van der Waals surface area contributed by atoms with E-state index in [0.29, 0.717) is 31.7 Å². The highest BCUT2D eigenvalue weighted by molar-refractivity contribution is 7.89. The van der Waals surface area contributed by atoms with Gasteiger partial charge in [0.1, 0.15) is 0 Å². The second-order valence-electron chi connectivity index (χ2n) is 4.70. The van der Waals surface area contributed by atoms with E-state index in [1.807, 2.05) is 0 Å². The normalized spacial score (nSPS) is 16.6. The summed E-state index contributed by atoms with van der Waals surface area (Å²) in [4.78, 5) is 10.0. The first kappa shape index (κ1) is 15.7. The van der Waals surface area contributed by atoms with Gasteiger partial charge >= 0.3 is 0 Å². The number of anilines is 1. The molecule has 2 N–H and O–H groups in total. The number of sulfonamides is 1. The second kappa shape index (κ2) is 6.37. The standard InChI is InChI=1S/C12H17N3O5S/c1-13-10-2-3-11(15(16)17)12(8-10)21(18,19)14-9-4-6-20-7-5-9/h2-3,8-9,13-14H,4-7H2,1H3. The predicted molar refractivity (Wildman–Crippen MR) is 76.8 cm³/mol. The van der Waals surface area contributed by atoms with Gasteiger partial charge in [0, 0.05) is 38.1 Å². The van der Waals surface area contributed by atoms with Gasteiger partial charge < -0.3 is 10.1 Å². The summed E-state index contributed by atoms with van der Waals surface area (Å²) in [5, 5.41) is 13.8. The Labute approximate surface area is 122 Å². The number of hydrogen-bond acceptors (Lipinski definition) is 6. The lowest BCUT2D eigenvalue weighted by Crippen LogP contribution is -2.39. The quantitative estimate of drug-likeness (QED) is 0.621. The van der Waals surface area contributed by atoms with Crippen LogP contribution in [0.1, 0.15) is 12.8 Å². The van der Waals surface area contributed by atoms with Crippen LogP contribution in [0.5, 0.6) is 0 Å². The average molecular weight is 315 g/mol. The van der Waals surface area contributed by atoms with E-state index >= 15 is 0 Å². The van der Waals surface area contributed by atoms with Crippen molar-refractivity contribution in [1.82, 2.24) is 4.72 Å². The van der Waals surface area contributed by atoms with Crippen molar-refractivity contribution in [3.8, 4) is 0 Å². The van der Waals surface area contributed by atoms with Crippen LogP contribution in [0.4, 0.5) is 11.4 Å². The molecule has 0 atom stereocenters. The van der Waals surface area contributed by atoms with Crippen molar-refractivity contribution in [3.05, 3.63) is 28.3 Å². The number of nitro benzene ring substituents is 1. The molecule has 0 saturated carbocycles. The summed E-state index contributed by atoms with van der Waals surface area (Å²) in [6, 6.07) is 3.65. The van der Waals surface area contributed by atoms with Crippen molar-refractivity contribution < 1.29 is 18.1 Å². The molecule has 0 radical (unpaired) electrons. The van der Waals surface area contributed by atoms with Crippen LogP contribution >= 0.6 is 0 Å². The van der Waals surface area contributed by atoms with Gasteiger partial charge in [0.05, 0.1) is 4.92 Å². The summed E-state index contributed by atoms with van der Waals surface area (Å²) in [5.41, 5.74) is 0.0570. The van der Waals surface area contributed by atoms with E-state index in [1.165, 1.54) is 18.2 Å². The fourth-order valence-electron chi connectivity index (χ4n) is 2.13. The second-order valence-corrected chi connectivity index (χ2v) is 6.38. The Morgan fingerprint density at radius 3 is 2.57 bits per heavy atom. The molecule has 0 amide bonds. The maximum absolute atomic E-state index is 12.4. The summed E-state index contributed by atoms with van der Waals surface area (Å²) in [5.74, 6) is 0. The molecule has 0 spiro atoms. The van der Waals surface area contributed by atoms with E-state index in [-0.39, 0.29) is 10.9 Å². The fourth-order valence-corrected chi connectivity index (χ4v) is 3.64. The van der Waals surface area contributed by atoms with Crippen LogP contribution in [-0.2, 0) is 14.8 Å². The number of nitrogens with zero attached hydrogens (tertiary/aromatic N) is 1. The summed E-state index contributed by atoms with van der Waals surface area (Å²) in [6.45, 7) is 0.956. The van der Waals surface area contributed by atoms with E-state index in [9.17, 15) is 18.5 Å². The Bertz CT molecular complexity index is 626. The molecule has 0 aliphatic carbocycles. The monoisotopic (exact) mass is 315 g/mol. The summed E-state index contributed by atoms with van der Waals surface area (Å²) >= 11 is 0. The molecule has 1 saturated heterocycles. The SMILES string of the molecule is CNc1ccc([N+](=O)[O-])c(S(=O)(=O)NC2CCOCC2)c1. The van der Waals surface area contributed by atoms with Crippen LogP contribution in [-0.4, -0.2) is 39.6 Å². The molecule has 116 valence electrons. The first-order valence-electron chi connectivity index (χ1n) is 6.50. The third-order valence-corrected chi connectivity index (χ3v) is 4.83. The Morgan fingerprint density at radius 1 is 1.33 bits per heavy atom. The van der Waals surface area contributed by atoms with Gasteiger partial charge in [0.15, 0.2) is 4.90 Å². The van der Waals surface area contributed by atoms with Gasteiger partial charge in [0.2, 0.25) is 10.0 Å². The maximum Gasteiger partial charge on any atom is 0.289 e. The number of ether oxygens (including phenoxy) is 1. The minimum atomic E-state index is -3.96. The summed E-state index contributed by atoms with van der Waals surface area (Å²) in [6.07, 6.45) is 1.11. The Kier molecular flexibility index (Phi) is 4.76. The Balaban J connectivity index is 2.35. The first-order valence-corrected chi connectivity index (χ1v) is 7.98. The van der Waals surface area contributed by atoms with Gasteiger partial charge in [-0.1, -0.05) is 0 Å². The van der Waals surface area contributed by atoms with Crippen molar-refractivity contribution in [2.75, 3.05) is 25.6 Å². The summed E-state index contributed by atoms with van der Waals surface area (Å²) < 4.78 is 32.5. The lowest BCUT2D eigenvalue weighted by Gasteiger charge is -2.23. The van der Waals surface area contributed by atoms with Crippen molar-refractivity contribution >= 4 is 21.4 Å². The highest BCUT2D eigenvalue weighted by Crippen LogP contribution is 2.27. The molecule has 1 aromatic carbocycles. The minimum absolute atomic E-state index is 0.262. The summed E-state index contributed by atoms with van der Waals surface area (Å²) in [7, 11) is -2.34. The molecule has 1 heterocycles. The van der Waals surface area contributed by atoms with Crippen LogP contribution in [0.25, 0.3) is 0 Å². The van der Waals surface area contributed by atoms with Gasteiger partial charge in [-0.15, -0.1) is 0 Å². The smallest absolute Gasteiger partial charge is 0.289 e. The van der Waals surface area contributed by atoms with Gasteiger partial charge in [-0.05, 0) is 25.0 Å². The molecule has 1 aromatic rings. The predicted octanol–water partition coefficient (Wildman–Crippen LogP) is 1.09. The molecule has 0 aromatic heterocycles. The van der Waals surface area contributed by atoms with Crippen molar-refractivity contribution in [2.24, 2.45) is 0 Å². The molecule has 1 aliphatic heterocycles. The van der Waals surface area contributed by atoms with E-state index in [2.05, 4.69) is 10.0 Å². The van der Waals surface area contributed by atoms with Crippen molar-refractivity contribution in [3.63, 3.8) is 0 Å². The molecule has 0 unspecified atom stereocenters. The zero-order chi connectivity index (χ0) is 15.5. The Hall–Kier alpha value is -1.71. The highest BCUT2D eigenvalue weighted by Gasteiger charge is 2.29. The van der Waals surface area contributed by atoms with Crippen molar-refractivity contribution in [2.45, 2.75) is 23.8 Å².